The lowest BCUT2D eigenvalue weighted by atomic mass is 10.00. The molecular weight excluding hydrogens is 224 g/mol. The second-order valence-corrected chi connectivity index (χ2v) is 4.20. The Morgan fingerprint density at radius 2 is 2.25 bits per heavy atom. The molecule has 0 aliphatic carbocycles. The fourth-order valence-electron chi connectivity index (χ4n) is 2.05. The third-order valence-corrected chi connectivity index (χ3v) is 3.06. The molecule has 0 spiro atoms. The summed E-state index contributed by atoms with van der Waals surface area (Å²) in [6, 6.07) is 3.91. The van der Waals surface area contributed by atoms with Crippen molar-refractivity contribution in [2.45, 2.75) is 12.5 Å². The van der Waals surface area contributed by atoms with Crippen molar-refractivity contribution in [2.75, 3.05) is 6.54 Å². The molecule has 2 aromatic heterocycles. The first kappa shape index (κ1) is 9.81. The highest BCUT2D eigenvalue weighted by Gasteiger charge is 2.23. The lowest BCUT2D eigenvalue weighted by molar-refractivity contribution is 0.552. The van der Waals surface area contributed by atoms with Gasteiger partial charge in [-0.1, -0.05) is 17.7 Å². The minimum absolute atomic E-state index is 0.125. The van der Waals surface area contributed by atoms with Crippen LogP contribution in [0.1, 0.15) is 23.0 Å². The third kappa shape index (κ3) is 1.60. The maximum absolute atomic E-state index is 5.78. The van der Waals surface area contributed by atoms with Gasteiger partial charge in [0.25, 0.3) is 0 Å². The molecule has 82 valence electrons. The van der Waals surface area contributed by atoms with Crippen LogP contribution >= 0.6 is 11.6 Å². The predicted molar refractivity (Wildman–Crippen MR) is 61.4 cm³/mol. The minimum atomic E-state index is 0.125. The highest BCUT2D eigenvalue weighted by atomic mass is 35.5. The fraction of sp³-hybridized carbons (Fsp3) is 0.273. The van der Waals surface area contributed by atoms with Crippen molar-refractivity contribution in [1.29, 1.82) is 0 Å². The van der Waals surface area contributed by atoms with Crippen LogP contribution in [0, 0.1) is 0 Å². The molecule has 3 rings (SSSR count). The van der Waals surface area contributed by atoms with Crippen LogP contribution in [0.3, 0.4) is 0 Å². The summed E-state index contributed by atoms with van der Waals surface area (Å²) in [6.07, 6.45) is 4.53. The Bertz CT molecular complexity index is 491. The molecule has 0 fully saturated rings. The Morgan fingerprint density at radius 3 is 3.06 bits per heavy atom. The summed E-state index contributed by atoms with van der Waals surface area (Å²) in [6.45, 7) is 0.947. The van der Waals surface area contributed by atoms with Crippen molar-refractivity contribution in [3.63, 3.8) is 0 Å². The van der Waals surface area contributed by atoms with Gasteiger partial charge in [0.05, 0.1) is 18.1 Å². The van der Waals surface area contributed by atoms with E-state index in [0.29, 0.717) is 5.15 Å². The second-order valence-electron chi connectivity index (χ2n) is 3.82. The number of aromatic amines is 1. The molecule has 1 aliphatic rings. The van der Waals surface area contributed by atoms with E-state index < -0.39 is 0 Å². The Balaban J connectivity index is 2.00. The van der Waals surface area contributed by atoms with E-state index in [9.17, 15) is 0 Å². The Hall–Kier alpha value is -1.39. The van der Waals surface area contributed by atoms with E-state index in [2.05, 4.69) is 20.3 Å². The molecule has 16 heavy (non-hydrogen) atoms. The maximum Gasteiger partial charge on any atom is 0.129 e. The van der Waals surface area contributed by atoms with Crippen LogP contribution in [-0.4, -0.2) is 21.5 Å². The van der Waals surface area contributed by atoms with Crippen molar-refractivity contribution in [3.05, 3.63) is 46.8 Å². The first-order chi connectivity index (χ1) is 7.84. The maximum atomic E-state index is 5.78. The minimum Gasteiger partial charge on any atom is -0.348 e. The monoisotopic (exact) mass is 234 g/mol. The lowest BCUT2D eigenvalue weighted by Gasteiger charge is -2.22. The van der Waals surface area contributed by atoms with Crippen molar-refractivity contribution >= 4 is 11.6 Å². The molecule has 3 heterocycles. The summed E-state index contributed by atoms with van der Waals surface area (Å²) in [7, 11) is 0. The number of nitrogens with zero attached hydrogens (tertiary/aromatic N) is 2. The van der Waals surface area contributed by atoms with Crippen LogP contribution in [0.5, 0.6) is 0 Å². The molecule has 0 saturated heterocycles. The predicted octanol–water partition coefficient (Wildman–Crippen LogP) is 1.69. The van der Waals surface area contributed by atoms with Gasteiger partial charge < -0.3 is 10.3 Å². The summed E-state index contributed by atoms with van der Waals surface area (Å²) in [5.74, 6) is 0. The van der Waals surface area contributed by atoms with E-state index in [1.165, 1.54) is 5.69 Å². The van der Waals surface area contributed by atoms with Crippen LogP contribution < -0.4 is 5.32 Å². The number of hydrogen-bond acceptors (Lipinski definition) is 3. The first-order valence-electron chi connectivity index (χ1n) is 5.21. The Morgan fingerprint density at radius 1 is 1.31 bits per heavy atom. The summed E-state index contributed by atoms with van der Waals surface area (Å²) < 4.78 is 0. The summed E-state index contributed by atoms with van der Waals surface area (Å²) in [5.41, 5.74) is 3.37. The standard InChI is InChI=1S/C11H11ClN4/c12-9-2-1-7(5-14-9)10-11-8(3-4-13-10)15-6-16-11/h1-2,5-6,10,13H,3-4H2,(H,15,16)/t10-/m0/s1. The molecule has 1 aliphatic heterocycles. The van der Waals surface area contributed by atoms with Crippen LogP contribution in [0.2, 0.25) is 5.15 Å². The molecule has 0 unspecified atom stereocenters. The molecule has 2 aromatic rings. The van der Waals surface area contributed by atoms with Crippen LogP contribution in [0.25, 0.3) is 0 Å². The number of nitrogens with one attached hydrogen (secondary N) is 2. The summed E-state index contributed by atoms with van der Waals surface area (Å²) in [4.78, 5) is 11.6. The number of aromatic nitrogens is 3. The third-order valence-electron chi connectivity index (χ3n) is 2.83. The molecule has 0 bridgehead atoms. The average molecular weight is 235 g/mol. The van der Waals surface area contributed by atoms with Crippen LogP contribution in [0.4, 0.5) is 0 Å². The topological polar surface area (TPSA) is 53.6 Å². The fourth-order valence-corrected chi connectivity index (χ4v) is 2.16. The van der Waals surface area contributed by atoms with Crippen molar-refractivity contribution in [2.24, 2.45) is 0 Å². The van der Waals surface area contributed by atoms with E-state index in [1.807, 2.05) is 6.07 Å². The van der Waals surface area contributed by atoms with E-state index >= 15 is 0 Å². The lowest BCUT2D eigenvalue weighted by Crippen LogP contribution is -2.30. The van der Waals surface area contributed by atoms with Gasteiger partial charge in [0.2, 0.25) is 0 Å². The number of H-pyrrole nitrogens is 1. The SMILES string of the molecule is Clc1ccc([C@@H]2NCCc3[nH]cnc32)cn1. The molecule has 2 N–H and O–H groups in total. The van der Waals surface area contributed by atoms with Gasteiger partial charge in [-0.3, -0.25) is 0 Å². The van der Waals surface area contributed by atoms with E-state index in [4.69, 9.17) is 11.6 Å². The molecular formula is C11H11ClN4. The molecule has 1 atom stereocenters. The van der Waals surface area contributed by atoms with Gasteiger partial charge in [-0.15, -0.1) is 0 Å². The van der Waals surface area contributed by atoms with Crippen molar-refractivity contribution in [3.8, 4) is 0 Å². The van der Waals surface area contributed by atoms with Gasteiger partial charge in [0.1, 0.15) is 5.15 Å². The highest BCUT2D eigenvalue weighted by Crippen LogP contribution is 2.25. The smallest absolute Gasteiger partial charge is 0.129 e. The molecule has 0 saturated carbocycles. The number of fused-ring (bicyclic) bond motifs is 1. The number of imidazole rings is 1. The molecule has 5 heteroatoms. The van der Waals surface area contributed by atoms with E-state index in [0.717, 1.165) is 24.2 Å². The zero-order chi connectivity index (χ0) is 11.0. The quantitative estimate of drug-likeness (QED) is 0.739. The van der Waals surface area contributed by atoms with E-state index in [-0.39, 0.29) is 6.04 Å². The van der Waals surface area contributed by atoms with Crippen molar-refractivity contribution in [1.82, 2.24) is 20.3 Å². The van der Waals surface area contributed by atoms with Crippen molar-refractivity contribution < 1.29 is 0 Å². The number of pyridine rings is 1. The molecule has 4 nitrogen and oxygen atoms in total. The Labute approximate surface area is 98.1 Å². The number of halogens is 1. The zero-order valence-electron chi connectivity index (χ0n) is 8.57. The summed E-state index contributed by atoms with van der Waals surface area (Å²) in [5, 5.41) is 3.95. The highest BCUT2D eigenvalue weighted by molar-refractivity contribution is 6.29. The molecule has 0 amide bonds. The molecule has 0 aromatic carbocycles. The van der Waals surface area contributed by atoms with Gasteiger partial charge in [-0.05, 0) is 11.6 Å². The number of rotatable bonds is 1. The number of hydrogen-bond donors (Lipinski definition) is 2. The van der Waals surface area contributed by atoms with Crippen LogP contribution in [-0.2, 0) is 6.42 Å². The van der Waals surface area contributed by atoms with Gasteiger partial charge in [0.15, 0.2) is 0 Å². The molecule has 0 radical (unpaired) electrons. The average Bonchev–Trinajstić information content (AvgIpc) is 2.78. The van der Waals surface area contributed by atoms with Gasteiger partial charge in [0, 0.05) is 24.9 Å². The van der Waals surface area contributed by atoms with Gasteiger partial charge in [-0.2, -0.15) is 0 Å². The largest absolute Gasteiger partial charge is 0.348 e. The normalized spacial score (nSPS) is 19.4. The van der Waals surface area contributed by atoms with Gasteiger partial charge in [-0.25, -0.2) is 9.97 Å². The zero-order valence-corrected chi connectivity index (χ0v) is 9.33. The second kappa shape index (κ2) is 3.88. The van der Waals surface area contributed by atoms with Gasteiger partial charge >= 0.3 is 0 Å². The van der Waals surface area contributed by atoms with Crippen LogP contribution in [0.15, 0.2) is 24.7 Å². The first-order valence-corrected chi connectivity index (χ1v) is 5.59. The van der Waals surface area contributed by atoms with E-state index in [1.54, 1.807) is 18.6 Å². The Kier molecular flexibility index (Phi) is 2.38. The summed E-state index contributed by atoms with van der Waals surface area (Å²) >= 11 is 5.78.